The minimum Gasteiger partial charge on any atom is -0.445 e. The maximum Gasteiger partial charge on any atom is 0.407 e. The topological polar surface area (TPSA) is 187 Å². The third kappa shape index (κ3) is 7.44. The van der Waals surface area contributed by atoms with Crippen LogP contribution >= 0.6 is 11.6 Å². The number of carbonyl (C=O) groups excluding carboxylic acids is 3. The minimum absolute atomic E-state index is 0.0231. The van der Waals surface area contributed by atoms with E-state index >= 15 is 0 Å². The highest BCUT2D eigenvalue weighted by atomic mass is 35.5. The zero-order valence-corrected chi connectivity index (χ0v) is 22.3. The molecule has 4 rings (SSSR count). The summed E-state index contributed by atoms with van der Waals surface area (Å²) in [7, 11) is 0. The van der Waals surface area contributed by atoms with Gasteiger partial charge in [-0.15, -0.1) is 0 Å². The lowest BCUT2D eigenvalue weighted by Gasteiger charge is -2.14. The lowest BCUT2D eigenvalue weighted by atomic mass is 9.95. The van der Waals surface area contributed by atoms with E-state index < -0.39 is 12.0 Å². The van der Waals surface area contributed by atoms with Gasteiger partial charge >= 0.3 is 12.0 Å². The van der Waals surface area contributed by atoms with E-state index in [0.717, 1.165) is 11.1 Å². The van der Waals surface area contributed by atoms with Crippen LogP contribution in [0.5, 0.6) is 0 Å². The Morgan fingerprint density at radius 3 is 2.58 bits per heavy atom. The number of ketones is 1. The number of benzene rings is 2. The van der Waals surface area contributed by atoms with Crippen molar-refractivity contribution in [2.75, 3.05) is 24.6 Å². The first-order valence-corrected chi connectivity index (χ1v) is 13.0. The number of halogens is 1. The molecule has 0 unspecified atom stereocenters. The fraction of sp³-hybridized carbons (Fsp3) is 0.259. The van der Waals surface area contributed by atoms with Gasteiger partial charge in [-0.25, -0.2) is 14.8 Å². The number of rotatable bonds is 10. The van der Waals surface area contributed by atoms with Crippen LogP contribution in [0.1, 0.15) is 57.3 Å². The van der Waals surface area contributed by atoms with Gasteiger partial charge in [0.15, 0.2) is 34.2 Å². The molecule has 13 heteroatoms. The summed E-state index contributed by atoms with van der Waals surface area (Å²) in [5.41, 5.74) is 13.3. The number of guanidine groups is 1. The average Bonchev–Trinajstić information content (AvgIpc) is 3.42. The number of carbonyl (C=O) groups is 3. The van der Waals surface area contributed by atoms with Crippen molar-refractivity contribution in [2.45, 2.75) is 31.9 Å². The van der Waals surface area contributed by atoms with E-state index in [1.807, 2.05) is 42.5 Å². The number of unbranched alkanes of at least 4 members (excludes halogenated alkanes) is 1. The highest BCUT2D eigenvalue weighted by Gasteiger charge is 2.26. The molecule has 1 aliphatic rings. The van der Waals surface area contributed by atoms with Crippen molar-refractivity contribution in [1.82, 2.24) is 25.9 Å². The van der Waals surface area contributed by atoms with Crippen LogP contribution < -0.4 is 27.4 Å². The molecule has 3 aromatic rings. The van der Waals surface area contributed by atoms with Gasteiger partial charge in [0.1, 0.15) is 6.61 Å². The second-order valence-electron chi connectivity index (χ2n) is 8.93. The quantitative estimate of drug-likeness (QED) is 0.181. The summed E-state index contributed by atoms with van der Waals surface area (Å²) < 4.78 is 5.19. The van der Waals surface area contributed by atoms with Crippen molar-refractivity contribution in [2.24, 2.45) is 4.99 Å². The van der Waals surface area contributed by atoms with Gasteiger partial charge in [0.2, 0.25) is 0 Å². The van der Waals surface area contributed by atoms with Crippen molar-refractivity contribution >= 4 is 47.0 Å². The number of nitrogens with two attached hydrogens (primary N) is 2. The van der Waals surface area contributed by atoms with Crippen molar-refractivity contribution in [1.29, 1.82) is 0 Å². The Labute approximate surface area is 235 Å². The van der Waals surface area contributed by atoms with Gasteiger partial charge in [-0.05, 0) is 24.0 Å². The predicted octanol–water partition coefficient (Wildman–Crippen LogP) is 3.00. The lowest BCUT2D eigenvalue weighted by molar-refractivity contribution is 0.0974. The van der Waals surface area contributed by atoms with Crippen LogP contribution in [0.15, 0.2) is 59.6 Å². The first-order chi connectivity index (χ1) is 19.3. The normalized spacial score (nSPS) is 15.2. The summed E-state index contributed by atoms with van der Waals surface area (Å²) in [6.07, 6.45) is 1.03. The number of aromatic nitrogens is 2. The van der Waals surface area contributed by atoms with Gasteiger partial charge in [-0.2, -0.15) is 4.99 Å². The number of aliphatic imine (C=N–C) groups is 1. The molecular formula is C27H29ClN8O4. The molecule has 7 N–H and O–H groups in total. The summed E-state index contributed by atoms with van der Waals surface area (Å²) in [6, 6.07) is 16.4. The van der Waals surface area contributed by atoms with Gasteiger partial charge < -0.3 is 32.2 Å². The molecule has 0 radical (unpaired) electrons. The molecule has 2 heterocycles. The second kappa shape index (κ2) is 13.4. The second-order valence-corrected chi connectivity index (χ2v) is 9.29. The molecule has 0 aliphatic carbocycles. The molecule has 1 saturated heterocycles. The van der Waals surface area contributed by atoms with E-state index in [9.17, 15) is 14.4 Å². The van der Waals surface area contributed by atoms with Crippen molar-refractivity contribution in [3.63, 3.8) is 0 Å². The number of ether oxygens (including phenoxy) is 1. The smallest absolute Gasteiger partial charge is 0.407 e. The lowest BCUT2D eigenvalue weighted by Crippen LogP contribution is -2.27. The fourth-order valence-electron chi connectivity index (χ4n) is 4.04. The zero-order chi connectivity index (χ0) is 28.5. The molecule has 0 spiro atoms. The van der Waals surface area contributed by atoms with Crippen LogP contribution in [0.3, 0.4) is 0 Å². The highest BCUT2D eigenvalue weighted by molar-refractivity contribution is 6.31. The largest absolute Gasteiger partial charge is 0.445 e. The summed E-state index contributed by atoms with van der Waals surface area (Å²) in [6.45, 7) is 0.998. The third-order valence-corrected chi connectivity index (χ3v) is 6.33. The molecule has 0 bridgehead atoms. The van der Waals surface area contributed by atoms with Crippen LogP contribution in [0, 0.1) is 0 Å². The molecule has 40 heavy (non-hydrogen) atoms. The van der Waals surface area contributed by atoms with E-state index in [1.54, 1.807) is 12.1 Å². The van der Waals surface area contributed by atoms with Crippen LogP contribution in [0.2, 0.25) is 5.15 Å². The summed E-state index contributed by atoms with van der Waals surface area (Å²) in [5.74, 6) is -0.827. The number of amides is 2. The van der Waals surface area contributed by atoms with Gasteiger partial charge in [0.25, 0.3) is 0 Å². The number of hydrogen-bond donors (Lipinski definition) is 5. The average molecular weight is 565 g/mol. The Balaban J connectivity index is 1.26. The Morgan fingerprint density at radius 1 is 1.02 bits per heavy atom. The minimum atomic E-state index is -0.746. The number of nitrogens with one attached hydrogen (secondary N) is 3. The van der Waals surface area contributed by atoms with Gasteiger partial charge in [0.05, 0.1) is 6.04 Å². The van der Waals surface area contributed by atoms with Gasteiger partial charge in [0, 0.05) is 25.1 Å². The predicted molar refractivity (Wildman–Crippen MR) is 151 cm³/mol. The first kappa shape index (κ1) is 28.3. The SMILES string of the molecule is Nc1nc(N)c(C(=O)/N=C2\NC[C@H](c3ccccc3C(=O)CCCCNC(=O)OCc3ccccc3)N2)nc1Cl. The number of Topliss-reactive ketones (excluding diaryl/α,β-unsaturated/α-hetero) is 1. The molecule has 2 amide bonds. The molecule has 12 nitrogen and oxygen atoms in total. The Morgan fingerprint density at radius 2 is 1.77 bits per heavy atom. The third-order valence-electron chi connectivity index (χ3n) is 6.05. The standard InChI is InChI=1S/C27H29ClN8O4/c28-22-24(30)35-23(29)21(34-22)25(38)36-26-32-14-19(33-26)17-10-4-5-11-18(17)20(37)12-6-7-13-31-27(39)40-15-16-8-2-1-3-9-16/h1-5,8-11,19H,6-7,12-15H2,(H,31,39)(H4,29,30,35)(H2,32,33,36,38)/t19-/m1/s1. The van der Waals surface area contributed by atoms with Crippen LogP contribution in [0.4, 0.5) is 16.4 Å². The molecule has 1 atom stereocenters. The number of anilines is 2. The molecular weight excluding hydrogens is 536 g/mol. The Kier molecular flexibility index (Phi) is 9.47. The van der Waals surface area contributed by atoms with E-state index in [-0.39, 0.29) is 46.9 Å². The first-order valence-electron chi connectivity index (χ1n) is 12.6. The van der Waals surface area contributed by atoms with E-state index in [2.05, 4.69) is 30.9 Å². The molecule has 208 valence electrons. The van der Waals surface area contributed by atoms with Crippen LogP contribution in [-0.4, -0.2) is 46.8 Å². The molecule has 2 aromatic carbocycles. The molecule has 0 saturated carbocycles. The number of hydrogen-bond acceptors (Lipinski definition) is 8. The maximum absolute atomic E-state index is 13.0. The summed E-state index contributed by atoms with van der Waals surface area (Å²) in [5, 5.41) is 8.69. The van der Waals surface area contributed by atoms with Crippen LogP contribution in [0.25, 0.3) is 0 Å². The van der Waals surface area contributed by atoms with Crippen molar-refractivity contribution in [3.05, 3.63) is 82.1 Å². The van der Waals surface area contributed by atoms with Gasteiger partial charge in [-0.3, -0.25) is 9.59 Å². The Hall–Kier alpha value is -4.71. The zero-order valence-electron chi connectivity index (χ0n) is 21.5. The number of nitrogen functional groups attached to an aromatic ring is 2. The van der Waals surface area contributed by atoms with E-state index in [0.29, 0.717) is 37.9 Å². The van der Waals surface area contributed by atoms with E-state index in [1.165, 1.54) is 0 Å². The van der Waals surface area contributed by atoms with Crippen molar-refractivity contribution < 1.29 is 19.1 Å². The fourth-order valence-corrected chi connectivity index (χ4v) is 4.17. The monoisotopic (exact) mass is 564 g/mol. The summed E-state index contributed by atoms with van der Waals surface area (Å²) in [4.78, 5) is 49.1. The van der Waals surface area contributed by atoms with Crippen molar-refractivity contribution in [3.8, 4) is 0 Å². The number of alkyl carbamates (subject to hydrolysis) is 1. The highest BCUT2D eigenvalue weighted by Crippen LogP contribution is 2.23. The Bertz CT molecular complexity index is 1420. The van der Waals surface area contributed by atoms with Gasteiger partial charge in [-0.1, -0.05) is 66.2 Å². The summed E-state index contributed by atoms with van der Waals surface area (Å²) >= 11 is 5.86. The molecule has 1 fully saturated rings. The van der Waals surface area contributed by atoms with E-state index in [4.69, 9.17) is 27.8 Å². The molecule has 1 aromatic heterocycles. The number of nitrogens with zero attached hydrogens (tertiary/aromatic N) is 3. The van der Waals surface area contributed by atoms with Crippen LogP contribution in [-0.2, 0) is 11.3 Å². The molecule has 1 aliphatic heterocycles. The maximum atomic E-state index is 13.0.